The number of amides is 1. The van der Waals surface area contributed by atoms with E-state index in [4.69, 9.17) is 4.74 Å². The minimum Gasteiger partial charge on any atom is -0.453 e. The van der Waals surface area contributed by atoms with E-state index in [1.54, 1.807) is 0 Å². The highest BCUT2D eigenvalue weighted by molar-refractivity contribution is 5.67. The van der Waals surface area contributed by atoms with Crippen LogP contribution in [0.3, 0.4) is 0 Å². The smallest absolute Gasteiger partial charge is 0.406 e. The van der Waals surface area contributed by atoms with Crippen molar-refractivity contribution in [2.24, 2.45) is 5.92 Å². The van der Waals surface area contributed by atoms with Crippen LogP contribution in [0.4, 0.5) is 4.79 Å². The molecule has 2 aliphatic rings. The van der Waals surface area contributed by atoms with Crippen molar-refractivity contribution in [3.05, 3.63) is 0 Å². The predicted molar refractivity (Wildman–Crippen MR) is 50.1 cm³/mol. The molecule has 2 fully saturated rings. The van der Waals surface area contributed by atoms with Gasteiger partial charge in [-0.25, -0.2) is 4.79 Å². The summed E-state index contributed by atoms with van der Waals surface area (Å²) in [6, 6.07) is 0. The third-order valence-electron chi connectivity index (χ3n) is 3.13. The SMILES string of the molecule is COC(=O)NCC12CNCC1CCO2. The second-order valence-electron chi connectivity index (χ2n) is 3.87. The Kier molecular flexibility index (Phi) is 2.60. The first-order valence-corrected chi connectivity index (χ1v) is 4.93. The maximum Gasteiger partial charge on any atom is 0.406 e. The molecule has 2 aliphatic heterocycles. The van der Waals surface area contributed by atoms with Gasteiger partial charge in [0.2, 0.25) is 0 Å². The second kappa shape index (κ2) is 3.74. The zero-order valence-electron chi connectivity index (χ0n) is 8.34. The molecule has 0 aromatic carbocycles. The van der Waals surface area contributed by atoms with Crippen LogP contribution in [0, 0.1) is 5.92 Å². The lowest BCUT2D eigenvalue weighted by molar-refractivity contribution is 0.00431. The summed E-state index contributed by atoms with van der Waals surface area (Å²) < 4.78 is 10.3. The zero-order chi connectivity index (χ0) is 10.0. The first-order valence-electron chi connectivity index (χ1n) is 4.93. The van der Waals surface area contributed by atoms with Crippen molar-refractivity contribution in [2.75, 3.05) is 33.4 Å². The number of fused-ring (bicyclic) bond motifs is 1. The third kappa shape index (κ3) is 1.57. The fourth-order valence-electron chi connectivity index (χ4n) is 2.28. The zero-order valence-corrected chi connectivity index (χ0v) is 8.34. The van der Waals surface area contributed by atoms with Gasteiger partial charge in [0.05, 0.1) is 13.7 Å². The molecule has 2 heterocycles. The quantitative estimate of drug-likeness (QED) is 0.643. The maximum absolute atomic E-state index is 10.9. The standard InChI is InChI=1S/C9H16N2O3/c1-13-8(12)11-6-9-5-10-4-7(9)2-3-14-9/h7,10H,2-6H2,1H3,(H,11,12). The summed E-state index contributed by atoms with van der Waals surface area (Å²) in [7, 11) is 1.37. The maximum atomic E-state index is 10.9. The van der Waals surface area contributed by atoms with Crippen molar-refractivity contribution in [1.82, 2.24) is 10.6 Å². The summed E-state index contributed by atoms with van der Waals surface area (Å²) in [6.07, 6.45) is 0.691. The van der Waals surface area contributed by atoms with Gasteiger partial charge in [0.25, 0.3) is 0 Å². The molecule has 2 atom stereocenters. The first-order chi connectivity index (χ1) is 6.77. The van der Waals surface area contributed by atoms with E-state index >= 15 is 0 Å². The van der Waals surface area contributed by atoms with Gasteiger partial charge in [0.1, 0.15) is 5.60 Å². The van der Waals surface area contributed by atoms with Crippen molar-refractivity contribution in [3.63, 3.8) is 0 Å². The van der Waals surface area contributed by atoms with E-state index < -0.39 is 0 Å². The molecule has 2 N–H and O–H groups in total. The van der Waals surface area contributed by atoms with Gasteiger partial charge < -0.3 is 20.1 Å². The average molecular weight is 200 g/mol. The lowest BCUT2D eigenvalue weighted by Gasteiger charge is -2.27. The predicted octanol–water partition coefficient (Wildman–Crippen LogP) is -0.279. The van der Waals surface area contributed by atoms with Gasteiger partial charge in [-0.3, -0.25) is 0 Å². The Morgan fingerprint density at radius 2 is 2.64 bits per heavy atom. The Bertz CT molecular complexity index is 222. The summed E-state index contributed by atoms with van der Waals surface area (Å²) >= 11 is 0. The minimum atomic E-state index is -0.388. The lowest BCUT2D eigenvalue weighted by Crippen LogP contribution is -2.47. The highest BCUT2D eigenvalue weighted by Crippen LogP contribution is 2.34. The highest BCUT2D eigenvalue weighted by atomic mass is 16.5. The van der Waals surface area contributed by atoms with E-state index in [0.717, 1.165) is 26.1 Å². The minimum absolute atomic E-state index is 0.186. The summed E-state index contributed by atoms with van der Waals surface area (Å²) in [5, 5.41) is 6.00. The molecule has 0 aromatic heterocycles. The summed E-state index contributed by atoms with van der Waals surface area (Å²) in [5.41, 5.74) is -0.186. The average Bonchev–Trinajstić information content (AvgIpc) is 2.72. The topological polar surface area (TPSA) is 59.6 Å². The van der Waals surface area contributed by atoms with Crippen LogP contribution in [0.15, 0.2) is 0 Å². The van der Waals surface area contributed by atoms with Gasteiger partial charge in [-0.05, 0) is 6.42 Å². The number of rotatable bonds is 2. The fraction of sp³-hybridized carbons (Fsp3) is 0.889. The van der Waals surface area contributed by atoms with Crippen LogP contribution < -0.4 is 10.6 Å². The molecule has 0 bridgehead atoms. The molecular weight excluding hydrogens is 184 g/mol. The van der Waals surface area contributed by atoms with Gasteiger partial charge in [-0.2, -0.15) is 0 Å². The van der Waals surface area contributed by atoms with Crippen molar-refractivity contribution < 1.29 is 14.3 Å². The van der Waals surface area contributed by atoms with Gasteiger partial charge in [0, 0.05) is 25.6 Å². The monoisotopic (exact) mass is 200 g/mol. The number of carbonyl (C=O) groups is 1. The van der Waals surface area contributed by atoms with Crippen LogP contribution in [0.25, 0.3) is 0 Å². The molecule has 2 saturated heterocycles. The normalized spacial score (nSPS) is 35.4. The molecule has 14 heavy (non-hydrogen) atoms. The molecular formula is C9H16N2O3. The Hall–Kier alpha value is -0.810. The molecule has 0 spiro atoms. The molecule has 5 nitrogen and oxygen atoms in total. The second-order valence-corrected chi connectivity index (χ2v) is 3.87. The van der Waals surface area contributed by atoms with E-state index in [1.165, 1.54) is 7.11 Å². The first kappa shape index (κ1) is 9.73. The van der Waals surface area contributed by atoms with Gasteiger partial charge in [-0.1, -0.05) is 0 Å². The largest absolute Gasteiger partial charge is 0.453 e. The Morgan fingerprint density at radius 1 is 1.79 bits per heavy atom. The van der Waals surface area contributed by atoms with Crippen molar-refractivity contribution in [2.45, 2.75) is 12.0 Å². The van der Waals surface area contributed by atoms with Crippen molar-refractivity contribution in [1.29, 1.82) is 0 Å². The lowest BCUT2D eigenvalue weighted by atomic mass is 9.91. The van der Waals surface area contributed by atoms with Crippen LogP contribution in [0.1, 0.15) is 6.42 Å². The summed E-state index contributed by atoms with van der Waals surface area (Å²) in [6.45, 7) is 3.15. The van der Waals surface area contributed by atoms with Crippen LogP contribution in [-0.4, -0.2) is 45.0 Å². The summed E-state index contributed by atoms with van der Waals surface area (Å²) in [5.74, 6) is 0.527. The van der Waals surface area contributed by atoms with Crippen molar-refractivity contribution >= 4 is 6.09 Å². The van der Waals surface area contributed by atoms with Gasteiger partial charge >= 0.3 is 6.09 Å². The molecule has 80 valence electrons. The number of nitrogens with one attached hydrogen (secondary N) is 2. The van der Waals surface area contributed by atoms with E-state index in [-0.39, 0.29) is 11.7 Å². The summed E-state index contributed by atoms with van der Waals surface area (Å²) in [4.78, 5) is 10.9. The number of hydrogen-bond acceptors (Lipinski definition) is 4. The molecule has 0 aliphatic carbocycles. The molecule has 0 radical (unpaired) electrons. The number of carbonyl (C=O) groups excluding carboxylic acids is 1. The molecule has 2 unspecified atom stereocenters. The Labute approximate surface area is 83.1 Å². The van der Waals surface area contributed by atoms with E-state index in [1.807, 2.05) is 0 Å². The molecule has 2 rings (SSSR count). The van der Waals surface area contributed by atoms with E-state index in [0.29, 0.717) is 12.5 Å². The fourth-order valence-corrected chi connectivity index (χ4v) is 2.28. The number of alkyl carbamates (subject to hydrolysis) is 1. The van der Waals surface area contributed by atoms with Crippen LogP contribution in [-0.2, 0) is 9.47 Å². The molecule has 0 saturated carbocycles. The number of methoxy groups -OCH3 is 1. The van der Waals surface area contributed by atoms with Crippen molar-refractivity contribution in [3.8, 4) is 0 Å². The van der Waals surface area contributed by atoms with E-state index in [2.05, 4.69) is 15.4 Å². The highest BCUT2D eigenvalue weighted by Gasteiger charge is 2.47. The number of hydrogen-bond donors (Lipinski definition) is 2. The Balaban J connectivity index is 1.91. The molecule has 1 amide bonds. The van der Waals surface area contributed by atoms with Gasteiger partial charge in [-0.15, -0.1) is 0 Å². The van der Waals surface area contributed by atoms with Crippen LogP contribution in [0.5, 0.6) is 0 Å². The van der Waals surface area contributed by atoms with E-state index in [9.17, 15) is 4.79 Å². The number of ether oxygens (including phenoxy) is 2. The van der Waals surface area contributed by atoms with Gasteiger partial charge in [0.15, 0.2) is 0 Å². The van der Waals surface area contributed by atoms with Crippen LogP contribution in [0.2, 0.25) is 0 Å². The third-order valence-corrected chi connectivity index (χ3v) is 3.13. The Morgan fingerprint density at radius 3 is 3.43 bits per heavy atom. The molecule has 0 aromatic rings. The molecule has 5 heteroatoms. The van der Waals surface area contributed by atoms with Crippen LogP contribution >= 0.6 is 0 Å².